The molecular weight excluding hydrogens is 269 g/mol. The molecule has 7 heteroatoms. The summed E-state index contributed by atoms with van der Waals surface area (Å²) in [6.07, 6.45) is 1.64. The normalized spacial score (nSPS) is 10.9. The zero-order valence-electron chi connectivity index (χ0n) is 9.93. The number of hydrogen-bond donors (Lipinski definition) is 1. The number of nitrogens with zero attached hydrogens (tertiary/aromatic N) is 4. The largest absolute Gasteiger partial charge is 0.372 e. The predicted octanol–water partition coefficient (Wildman–Crippen LogP) is 2.65. The van der Waals surface area contributed by atoms with Crippen LogP contribution in [-0.2, 0) is 0 Å². The zero-order valence-corrected chi connectivity index (χ0v) is 10.7. The maximum atomic E-state index is 12.9. The third kappa shape index (κ3) is 2.00. The zero-order chi connectivity index (χ0) is 13.4. The highest BCUT2D eigenvalue weighted by molar-refractivity contribution is 6.28. The Kier molecular flexibility index (Phi) is 2.79. The van der Waals surface area contributed by atoms with Crippen LogP contribution in [0.3, 0.4) is 0 Å². The molecule has 0 aliphatic carbocycles. The molecule has 5 nitrogen and oxygen atoms in total. The van der Waals surface area contributed by atoms with Crippen molar-refractivity contribution < 1.29 is 4.39 Å². The number of benzene rings is 1. The molecule has 19 heavy (non-hydrogen) atoms. The number of rotatable bonds is 2. The van der Waals surface area contributed by atoms with Crippen LogP contribution in [0.1, 0.15) is 0 Å². The minimum Gasteiger partial charge on any atom is -0.372 e. The molecule has 0 aliphatic heterocycles. The molecule has 0 amide bonds. The highest BCUT2D eigenvalue weighted by Gasteiger charge is 2.12. The van der Waals surface area contributed by atoms with Crippen LogP contribution in [0.15, 0.2) is 30.5 Å². The summed E-state index contributed by atoms with van der Waals surface area (Å²) in [6.45, 7) is 0. The third-order valence-corrected chi connectivity index (χ3v) is 2.88. The fourth-order valence-corrected chi connectivity index (χ4v) is 2.01. The minimum absolute atomic E-state index is 0.126. The predicted molar refractivity (Wildman–Crippen MR) is 71.2 cm³/mol. The van der Waals surface area contributed by atoms with Gasteiger partial charge >= 0.3 is 0 Å². The van der Waals surface area contributed by atoms with Crippen LogP contribution in [0.4, 0.5) is 10.2 Å². The van der Waals surface area contributed by atoms with Gasteiger partial charge in [0, 0.05) is 7.05 Å². The Morgan fingerprint density at radius 3 is 2.63 bits per heavy atom. The smallest absolute Gasteiger partial charge is 0.226 e. The van der Waals surface area contributed by atoms with E-state index in [2.05, 4.69) is 20.4 Å². The van der Waals surface area contributed by atoms with Gasteiger partial charge < -0.3 is 5.32 Å². The summed E-state index contributed by atoms with van der Waals surface area (Å²) in [4.78, 5) is 8.23. The lowest BCUT2D eigenvalue weighted by molar-refractivity contribution is 0.627. The summed E-state index contributed by atoms with van der Waals surface area (Å²) >= 11 is 5.88. The fourth-order valence-electron chi connectivity index (χ4n) is 1.84. The average molecular weight is 278 g/mol. The van der Waals surface area contributed by atoms with Crippen molar-refractivity contribution in [2.75, 3.05) is 12.4 Å². The molecule has 0 atom stereocenters. The number of halogens is 2. The van der Waals surface area contributed by atoms with Gasteiger partial charge in [0.25, 0.3) is 0 Å². The van der Waals surface area contributed by atoms with E-state index in [1.54, 1.807) is 30.1 Å². The van der Waals surface area contributed by atoms with Crippen molar-refractivity contribution in [1.29, 1.82) is 0 Å². The monoisotopic (exact) mass is 277 g/mol. The second kappa shape index (κ2) is 4.47. The van der Waals surface area contributed by atoms with E-state index in [1.807, 2.05) is 0 Å². The van der Waals surface area contributed by atoms with E-state index >= 15 is 0 Å². The molecule has 0 spiro atoms. The van der Waals surface area contributed by atoms with Gasteiger partial charge in [-0.25, -0.2) is 9.07 Å². The van der Waals surface area contributed by atoms with Crippen molar-refractivity contribution in [3.8, 4) is 5.69 Å². The SMILES string of the molecule is CNc1nc(Cl)nc2c1cnn2-c1ccc(F)cc1. The molecule has 2 heterocycles. The summed E-state index contributed by atoms with van der Waals surface area (Å²) in [6, 6.07) is 5.98. The van der Waals surface area contributed by atoms with Gasteiger partial charge in [0.2, 0.25) is 5.28 Å². The maximum Gasteiger partial charge on any atom is 0.226 e. The second-order valence-corrected chi connectivity index (χ2v) is 4.20. The van der Waals surface area contributed by atoms with Gasteiger partial charge in [-0.2, -0.15) is 15.1 Å². The van der Waals surface area contributed by atoms with Crippen LogP contribution < -0.4 is 5.32 Å². The van der Waals surface area contributed by atoms with Crippen LogP contribution in [0, 0.1) is 5.82 Å². The average Bonchev–Trinajstić information content (AvgIpc) is 2.82. The van der Waals surface area contributed by atoms with E-state index in [9.17, 15) is 4.39 Å². The van der Waals surface area contributed by atoms with E-state index in [1.165, 1.54) is 12.1 Å². The third-order valence-electron chi connectivity index (χ3n) is 2.71. The van der Waals surface area contributed by atoms with Crippen molar-refractivity contribution in [2.24, 2.45) is 0 Å². The number of nitrogens with one attached hydrogen (secondary N) is 1. The molecule has 0 radical (unpaired) electrons. The first kappa shape index (κ1) is 11.9. The summed E-state index contributed by atoms with van der Waals surface area (Å²) in [5, 5.41) is 8.05. The molecule has 2 aromatic heterocycles. The van der Waals surface area contributed by atoms with E-state index in [-0.39, 0.29) is 11.1 Å². The topological polar surface area (TPSA) is 55.6 Å². The Morgan fingerprint density at radius 2 is 1.95 bits per heavy atom. The lowest BCUT2D eigenvalue weighted by atomic mass is 10.3. The van der Waals surface area contributed by atoms with Gasteiger partial charge in [0.15, 0.2) is 5.65 Å². The summed E-state index contributed by atoms with van der Waals surface area (Å²) in [5.74, 6) is 0.298. The van der Waals surface area contributed by atoms with Crippen molar-refractivity contribution in [3.63, 3.8) is 0 Å². The standard InChI is InChI=1S/C12H9ClFN5/c1-15-10-9-6-16-19(11(9)18-12(13)17-10)8-4-2-7(14)3-5-8/h2-6H,1H3,(H,15,17,18). The number of hydrogen-bond acceptors (Lipinski definition) is 4. The van der Waals surface area contributed by atoms with E-state index in [4.69, 9.17) is 11.6 Å². The van der Waals surface area contributed by atoms with Gasteiger partial charge in [-0.05, 0) is 35.9 Å². The molecule has 0 saturated heterocycles. The van der Waals surface area contributed by atoms with Crippen LogP contribution in [0.25, 0.3) is 16.7 Å². The Hall–Kier alpha value is -2.21. The van der Waals surface area contributed by atoms with Crippen LogP contribution >= 0.6 is 11.6 Å². The summed E-state index contributed by atoms with van der Waals surface area (Å²) in [7, 11) is 1.74. The maximum absolute atomic E-state index is 12.9. The van der Waals surface area contributed by atoms with Gasteiger partial charge in [0.05, 0.1) is 17.3 Å². The van der Waals surface area contributed by atoms with Crippen molar-refractivity contribution in [1.82, 2.24) is 19.7 Å². The van der Waals surface area contributed by atoms with Gasteiger partial charge in [-0.3, -0.25) is 0 Å². The number of aromatic nitrogens is 4. The lowest BCUT2D eigenvalue weighted by Gasteiger charge is -2.04. The Bertz CT molecular complexity index is 738. The molecule has 0 fully saturated rings. The van der Waals surface area contributed by atoms with Crippen LogP contribution in [-0.4, -0.2) is 26.8 Å². The van der Waals surface area contributed by atoms with Gasteiger partial charge in [0.1, 0.15) is 11.6 Å². The van der Waals surface area contributed by atoms with Crippen molar-refractivity contribution in [3.05, 3.63) is 41.6 Å². The molecule has 0 bridgehead atoms. The number of fused-ring (bicyclic) bond motifs is 1. The molecular formula is C12H9ClFN5. The second-order valence-electron chi connectivity index (χ2n) is 3.86. The highest BCUT2D eigenvalue weighted by Crippen LogP contribution is 2.23. The van der Waals surface area contributed by atoms with Gasteiger partial charge in [-0.1, -0.05) is 0 Å². The first-order valence-corrected chi connectivity index (χ1v) is 5.92. The molecule has 1 aromatic carbocycles. The highest BCUT2D eigenvalue weighted by atomic mass is 35.5. The molecule has 1 N–H and O–H groups in total. The van der Waals surface area contributed by atoms with Crippen LogP contribution in [0.5, 0.6) is 0 Å². The van der Waals surface area contributed by atoms with Crippen molar-refractivity contribution in [2.45, 2.75) is 0 Å². The fraction of sp³-hybridized carbons (Fsp3) is 0.0833. The Labute approximate surface area is 113 Å². The Balaban J connectivity index is 2.25. The number of anilines is 1. The van der Waals surface area contributed by atoms with Crippen molar-refractivity contribution >= 4 is 28.5 Å². The molecule has 96 valence electrons. The Morgan fingerprint density at radius 1 is 1.21 bits per heavy atom. The van der Waals surface area contributed by atoms with E-state index < -0.39 is 0 Å². The quantitative estimate of drug-likeness (QED) is 0.732. The first-order chi connectivity index (χ1) is 9.19. The summed E-state index contributed by atoms with van der Waals surface area (Å²) < 4.78 is 14.5. The molecule has 3 aromatic rings. The van der Waals surface area contributed by atoms with E-state index in [0.29, 0.717) is 17.2 Å². The molecule has 0 aliphatic rings. The van der Waals surface area contributed by atoms with E-state index in [0.717, 1.165) is 5.39 Å². The first-order valence-electron chi connectivity index (χ1n) is 5.54. The summed E-state index contributed by atoms with van der Waals surface area (Å²) in [5.41, 5.74) is 1.27. The minimum atomic E-state index is -0.302. The van der Waals surface area contributed by atoms with Crippen LogP contribution in [0.2, 0.25) is 5.28 Å². The van der Waals surface area contributed by atoms with Gasteiger partial charge in [-0.15, -0.1) is 0 Å². The molecule has 0 saturated carbocycles. The molecule has 0 unspecified atom stereocenters. The molecule has 3 rings (SSSR count). The lowest BCUT2D eigenvalue weighted by Crippen LogP contribution is -2.00.